The second kappa shape index (κ2) is 9.92. The van der Waals surface area contributed by atoms with Crippen molar-refractivity contribution in [3.8, 4) is 0 Å². The number of carbonyl (C=O) groups is 2. The highest BCUT2D eigenvalue weighted by molar-refractivity contribution is 8.00. The van der Waals surface area contributed by atoms with Crippen LogP contribution < -0.4 is 0 Å². The normalized spacial score (nSPS) is 14.3. The molecule has 0 bridgehead atoms. The molecule has 1 N–H and O–H groups in total. The molecule has 1 aliphatic rings. The first kappa shape index (κ1) is 22.0. The van der Waals surface area contributed by atoms with Gasteiger partial charge in [-0.2, -0.15) is 0 Å². The lowest BCUT2D eigenvalue weighted by atomic mass is 9.92. The molecule has 0 amide bonds. The minimum atomic E-state index is -1.03. The SMILES string of the molecule is O=C(C[C@H](CC1=Nc2ccc(F)cc2C1)C(=O)O)C(Sc1ccccc1)c1ccccc1. The summed E-state index contributed by atoms with van der Waals surface area (Å²) in [6.45, 7) is 0. The maximum absolute atomic E-state index is 13.5. The van der Waals surface area contributed by atoms with E-state index in [2.05, 4.69) is 4.99 Å². The highest BCUT2D eigenvalue weighted by Gasteiger charge is 2.30. The summed E-state index contributed by atoms with van der Waals surface area (Å²) in [5, 5.41) is 9.31. The molecule has 0 spiro atoms. The molecular formula is C26H22FNO3S. The molecule has 4 rings (SSSR count). The van der Waals surface area contributed by atoms with Crippen LogP contribution in [0.25, 0.3) is 0 Å². The number of thioether (sulfide) groups is 1. The fraction of sp³-hybridized carbons (Fsp3) is 0.192. The van der Waals surface area contributed by atoms with Crippen LogP contribution in [0.3, 0.4) is 0 Å². The fourth-order valence-electron chi connectivity index (χ4n) is 3.82. The van der Waals surface area contributed by atoms with Crippen molar-refractivity contribution in [1.29, 1.82) is 0 Å². The van der Waals surface area contributed by atoms with Crippen LogP contribution in [0.5, 0.6) is 0 Å². The van der Waals surface area contributed by atoms with Gasteiger partial charge in [0.25, 0.3) is 0 Å². The summed E-state index contributed by atoms with van der Waals surface area (Å²) in [5.41, 5.74) is 2.92. The van der Waals surface area contributed by atoms with Gasteiger partial charge in [0.2, 0.25) is 0 Å². The quantitative estimate of drug-likeness (QED) is 0.406. The van der Waals surface area contributed by atoms with E-state index in [9.17, 15) is 19.1 Å². The first-order chi connectivity index (χ1) is 15.5. The number of carbonyl (C=O) groups excluding carboxylic acids is 1. The molecule has 6 heteroatoms. The van der Waals surface area contributed by atoms with Gasteiger partial charge in [0.05, 0.1) is 16.9 Å². The van der Waals surface area contributed by atoms with E-state index in [1.54, 1.807) is 6.07 Å². The van der Waals surface area contributed by atoms with Crippen LogP contribution in [0.2, 0.25) is 0 Å². The summed E-state index contributed by atoms with van der Waals surface area (Å²) >= 11 is 1.42. The number of benzene rings is 3. The van der Waals surface area contributed by atoms with Gasteiger partial charge in [-0.05, 0) is 47.9 Å². The Morgan fingerprint density at radius 3 is 2.38 bits per heavy atom. The Labute approximate surface area is 190 Å². The summed E-state index contributed by atoms with van der Waals surface area (Å²) in [5.74, 6) is -2.39. The summed E-state index contributed by atoms with van der Waals surface area (Å²) in [6, 6.07) is 23.4. The summed E-state index contributed by atoms with van der Waals surface area (Å²) in [6.07, 6.45) is 0.472. The summed E-state index contributed by atoms with van der Waals surface area (Å²) in [4.78, 5) is 30.7. The fourth-order valence-corrected chi connectivity index (χ4v) is 4.92. The van der Waals surface area contributed by atoms with Crippen molar-refractivity contribution in [2.75, 3.05) is 0 Å². The molecule has 0 radical (unpaired) electrons. The Bertz CT molecular complexity index is 1150. The van der Waals surface area contributed by atoms with Gasteiger partial charge < -0.3 is 5.11 Å². The number of carboxylic acids is 1. The first-order valence-corrected chi connectivity index (χ1v) is 11.2. The van der Waals surface area contributed by atoms with Gasteiger partial charge in [-0.25, -0.2) is 4.39 Å². The molecule has 3 aromatic carbocycles. The molecule has 0 aliphatic carbocycles. The number of aliphatic carboxylic acids is 1. The molecule has 0 saturated heterocycles. The van der Waals surface area contributed by atoms with Crippen molar-refractivity contribution in [2.24, 2.45) is 10.9 Å². The lowest BCUT2D eigenvalue weighted by Gasteiger charge is -2.19. The molecule has 1 heterocycles. The highest BCUT2D eigenvalue weighted by Crippen LogP contribution is 2.38. The van der Waals surface area contributed by atoms with E-state index in [0.29, 0.717) is 17.8 Å². The number of halogens is 1. The molecule has 4 nitrogen and oxygen atoms in total. The van der Waals surface area contributed by atoms with Crippen LogP contribution in [-0.4, -0.2) is 22.6 Å². The number of hydrogen-bond donors (Lipinski definition) is 1. The van der Waals surface area contributed by atoms with Gasteiger partial charge >= 0.3 is 5.97 Å². The minimum absolute atomic E-state index is 0.0988. The Balaban J connectivity index is 1.51. The van der Waals surface area contributed by atoms with Gasteiger partial charge in [0.1, 0.15) is 5.82 Å². The molecule has 0 fully saturated rings. The van der Waals surface area contributed by atoms with E-state index >= 15 is 0 Å². The number of aliphatic imine (C=N–C) groups is 1. The average molecular weight is 448 g/mol. The Morgan fingerprint density at radius 1 is 1.00 bits per heavy atom. The zero-order valence-electron chi connectivity index (χ0n) is 17.3. The van der Waals surface area contributed by atoms with Crippen LogP contribution in [0.4, 0.5) is 10.1 Å². The lowest BCUT2D eigenvalue weighted by molar-refractivity contribution is -0.143. The van der Waals surface area contributed by atoms with Crippen LogP contribution in [0.1, 0.15) is 29.2 Å². The number of ketones is 1. The number of rotatable bonds is 9. The van der Waals surface area contributed by atoms with Gasteiger partial charge in [-0.3, -0.25) is 14.6 Å². The van der Waals surface area contributed by atoms with E-state index in [4.69, 9.17) is 0 Å². The second-order valence-corrected chi connectivity index (χ2v) is 8.94. The number of fused-ring (bicyclic) bond motifs is 1. The number of hydrogen-bond acceptors (Lipinski definition) is 4. The van der Waals surface area contributed by atoms with E-state index in [1.165, 1.54) is 23.9 Å². The maximum atomic E-state index is 13.5. The molecule has 2 atom stereocenters. The lowest BCUT2D eigenvalue weighted by Crippen LogP contribution is -2.23. The predicted molar refractivity (Wildman–Crippen MR) is 124 cm³/mol. The Kier molecular flexibility index (Phi) is 6.81. The van der Waals surface area contributed by atoms with Crippen molar-refractivity contribution in [3.63, 3.8) is 0 Å². The van der Waals surface area contributed by atoms with E-state index in [1.807, 2.05) is 60.7 Å². The largest absolute Gasteiger partial charge is 0.481 e. The minimum Gasteiger partial charge on any atom is -0.481 e. The van der Waals surface area contributed by atoms with E-state index < -0.39 is 17.1 Å². The molecular weight excluding hydrogens is 425 g/mol. The van der Waals surface area contributed by atoms with Crippen molar-refractivity contribution in [3.05, 3.63) is 95.8 Å². The van der Waals surface area contributed by atoms with Gasteiger partial charge in [0.15, 0.2) is 5.78 Å². The Hall–Kier alpha value is -3.25. The third kappa shape index (κ3) is 5.32. The molecule has 32 heavy (non-hydrogen) atoms. The van der Waals surface area contributed by atoms with Crippen LogP contribution in [0.15, 0.2) is 88.8 Å². The van der Waals surface area contributed by atoms with Crippen molar-refractivity contribution >= 4 is 34.9 Å². The van der Waals surface area contributed by atoms with Gasteiger partial charge in [-0.15, -0.1) is 11.8 Å². The molecule has 1 aliphatic heterocycles. The molecule has 162 valence electrons. The topological polar surface area (TPSA) is 66.7 Å². The van der Waals surface area contributed by atoms with Crippen LogP contribution in [-0.2, 0) is 16.0 Å². The smallest absolute Gasteiger partial charge is 0.307 e. The second-order valence-electron chi connectivity index (χ2n) is 7.76. The van der Waals surface area contributed by atoms with E-state index in [0.717, 1.165) is 16.0 Å². The molecule has 1 unspecified atom stereocenters. The molecule has 3 aromatic rings. The Morgan fingerprint density at radius 2 is 1.69 bits per heavy atom. The zero-order chi connectivity index (χ0) is 22.5. The van der Waals surface area contributed by atoms with Crippen molar-refractivity contribution < 1.29 is 19.1 Å². The summed E-state index contributed by atoms with van der Waals surface area (Å²) in [7, 11) is 0. The monoisotopic (exact) mass is 447 g/mol. The van der Waals surface area contributed by atoms with Gasteiger partial charge in [0, 0.05) is 23.4 Å². The third-order valence-electron chi connectivity index (χ3n) is 5.39. The molecule has 0 aromatic heterocycles. The van der Waals surface area contributed by atoms with Crippen LogP contribution in [0, 0.1) is 11.7 Å². The highest BCUT2D eigenvalue weighted by atomic mass is 32.2. The van der Waals surface area contributed by atoms with Crippen LogP contribution >= 0.6 is 11.8 Å². The average Bonchev–Trinajstić information content (AvgIpc) is 3.19. The number of Topliss-reactive ketones (excluding diaryl/α,β-unsaturated/α-hetero) is 1. The standard InChI is InChI=1S/C26H22FNO3S/c27-20-11-12-23-18(13-20)14-21(28-23)15-19(26(30)31)16-24(29)25(17-7-3-1-4-8-17)32-22-9-5-2-6-10-22/h1-13,19,25H,14-16H2,(H,30,31)/t19-,25?/m0/s1. The molecule has 0 saturated carbocycles. The summed E-state index contributed by atoms with van der Waals surface area (Å²) < 4.78 is 13.5. The first-order valence-electron chi connectivity index (χ1n) is 10.4. The van der Waals surface area contributed by atoms with Gasteiger partial charge in [-0.1, -0.05) is 48.5 Å². The predicted octanol–water partition coefficient (Wildman–Crippen LogP) is 6.04. The number of carboxylic acid groups (broad SMARTS) is 1. The maximum Gasteiger partial charge on any atom is 0.307 e. The van der Waals surface area contributed by atoms with Crippen molar-refractivity contribution in [1.82, 2.24) is 0 Å². The number of nitrogens with zero attached hydrogens (tertiary/aromatic N) is 1. The third-order valence-corrected chi connectivity index (χ3v) is 6.70. The zero-order valence-corrected chi connectivity index (χ0v) is 18.1. The van der Waals surface area contributed by atoms with Crippen molar-refractivity contribution in [2.45, 2.75) is 29.4 Å². The van der Waals surface area contributed by atoms with E-state index in [-0.39, 0.29) is 24.4 Å².